The molecule has 5 heteroatoms. The molecule has 0 aliphatic carbocycles. The molecule has 1 rings (SSSR count). The van der Waals surface area contributed by atoms with E-state index in [0.717, 1.165) is 38.1 Å². The number of aliphatic imine (C=N–C) groups is 1. The molecule has 5 nitrogen and oxygen atoms in total. The molecule has 0 radical (unpaired) electrons. The summed E-state index contributed by atoms with van der Waals surface area (Å²) in [6, 6.07) is 0. The molecule has 1 aliphatic heterocycles. The van der Waals surface area contributed by atoms with Crippen molar-refractivity contribution in [3.63, 3.8) is 0 Å². The molecule has 0 spiro atoms. The molecule has 0 saturated carbocycles. The largest absolute Gasteiger partial charge is 0.339 e. The van der Waals surface area contributed by atoms with Gasteiger partial charge in [-0.15, -0.1) is 0 Å². The van der Waals surface area contributed by atoms with Crippen molar-refractivity contribution in [2.75, 3.05) is 39.8 Å². The highest BCUT2D eigenvalue weighted by Gasteiger charge is 2.19. The van der Waals surface area contributed by atoms with Crippen molar-refractivity contribution >= 4 is 5.96 Å². The van der Waals surface area contributed by atoms with Crippen molar-refractivity contribution in [3.05, 3.63) is 0 Å². The number of nitrogens with two attached hydrogens (primary N) is 1. The first-order valence-electron chi connectivity index (χ1n) is 5.58. The quantitative estimate of drug-likeness (QED) is 0.286. The number of hydrazine groups is 1. The van der Waals surface area contributed by atoms with Crippen LogP contribution in [0.4, 0.5) is 0 Å². The fourth-order valence-electron chi connectivity index (χ4n) is 1.96. The van der Waals surface area contributed by atoms with Gasteiger partial charge < -0.3 is 4.90 Å². The van der Waals surface area contributed by atoms with Gasteiger partial charge in [-0.25, -0.2) is 5.84 Å². The average Bonchev–Trinajstić information content (AvgIpc) is 2.21. The van der Waals surface area contributed by atoms with Gasteiger partial charge in [-0.05, 0) is 5.92 Å². The van der Waals surface area contributed by atoms with Gasteiger partial charge >= 0.3 is 0 Å². The van der Waals surface area contributed by atoms with Crippen molar-refractivity contribution in [1.82, 2.24) is 15.2 Å². The van der Waals surface area contributed by atoms with Crippen molar-refractivity contribution in [2.45, 2.75) is 13.8 Å². The Kier molecular flexibility index (Phi) is 4.84. The summed E-state index contributed by atoms with van der Waals surface area (Å²) in [5.41, 5.74) is 2.63. The van der Waals surface area contributed by atoms with Crippen LogP contribution in [0.1, 0.15) is 13.8 Å². The molecule has 0 aromatic carbocycles. The summed E-state index contributed by atoms with van der Waals surface area (Å²) in [7, 11) is 1.76. The number of hydrogen-bond acceptors (Lipinski definition) is 3. The van der Waals surface area contributed by atoms with E-state index in [1.165, 1.54) is 6.54 Å². The van der Waals surface area contributed by atoms with Crippen LogP contribution >= 0.6 is 0 Å². The maximum atomic E-state index is 5.39. The summed E-state index contributed by atoms with van der Waals surface area (Å²) in [5, 5.41) is 0. The molecule has 3 N–H and O–H groups in total. The number of hydrogen-bond donors (Lipinski definition) is 2. The lowest BCUT2D eigenvalue weighted by Gasteiger charge is -2.36. The summed E-state index contributed by atoms with van der Waals surface area (Å²) >= 11 is 0. The van der Waals surface area contributed by atoms with Crippen LogP contribution in [0.5, 0.6) is 0 Å². The lowest BCUT2D eigenvalue weighted by Crippen LogP contribution is -2.54. The third kappa shape index (κ3) is 3.68. The first-order chi connectivity index (χ1) is 7.17. The van der Waals surface area contributed by atoms with E-state index in [1.54, 1.807) is 7.05 Å². The van der Waals surface area contributed by atoms with Crippen LogP contribution in [0.3, 0.4) is 0 Å². The van der Waals surface area contributed by atoms with E-state index in [2.05, 4.69) is 34.1 Å². The number of nitrogens with zero attached hydrogens (tertiary/aromatic N) is 3. The highest BCUT2D eigenvalue weighted by Crippen LogP contribution is 2.04. The smallest absolute Gasteiger partial charge is 0.208 e. The normalized spacial score (nSPS) is 19.8. The monoisotopic (exact) mass is 213 g/mol. The molecular formula is C10H23N5. The van der Waals surface area contributed by atoms with E-state index in [9.17, 15) is 0 Å². The lowest BCUT2D eigenvalue weighted by molar-refractivity contribution is 0.164. The molecule has 0 atom stereocenters. The molecule has 0 aromatic rings. The molecule has 0 amide bonds. The lowest BCUT2D eigenvalue weighted by atomic mass is 10.2. The average molecular weight is 213 g/mol. The molecular weight excluding hydrogens is 190 g/mol. The van der Waals surface area contributed by atoms with E-state index in [-0.39, 0.29) is 0 Å². The third-order valence-corrected chi connectivity index (χ3v) is 2.64. The van der Waals surface area contributed by atoms with Crippen LogP contribution in [0, 0.1) is 5.92 Å². The van der Waals surface area contributed by atoms with Crippen LogP contribution in [0.15, 0.2) is 4.99 Å². The van der Waals surface area contributed by atoms with Crippen molar-refractivity contribution in [3.8, 4) is 0 Å². The molecule has 15 heavy (non-hydrogen) atoms. The van der Waals surface area contributed by atoms with Gasteiger partial charge in [0.15, 0.2) is 0 Å². The number of piperazine rings is 1. The second kappa shape index (κ2) is 5.92. The van der Waals surface area contributed by atoms with E-state index < -0.39 is 0 Å². The van der Waals surface area contributed by atoms with Crippen LogP contribution in [0.25, 0.3) is 0 Å². The van der Waals surface area contributed by atoms with Gasteiger partial charge in [0.1, 0.15) is 0 Å². The van der Waals surface area contributed by atoms with Gasteiger partial charge in [-0.2, -0.15) is 0 Å². The van der Waals surface area contributed by atoms with Crippen LogP contribution in [-0.4, -0.2) is 55.5 Å². The zero-order valence-electron chi connectivity index (χ0n) is 10.0. The molecule has 1 heterocycles. The van der Waals surface area contributed by atoms with Gasteiger partial charge in [0.2, 0.25) is 5.96 Å². The Labute approximate surface area is 92.3 Å². The highest BCUT2D eigenvalue weighted by molar-refractivity contribution is 5.79. The minimum Gasteiger partial charge on any atom is -0.339 e. The maximum Gasteiger partial charge on any atom is 0.208 e. The van der Waals surface area contributed by atoms with Gasteiger partial charge in [0.05, 0.1) is 0 Å². The molecule has 1 saturated heterocycles. The zero-order chi connectivity index (χ0) is 11.3. The standard InChI is InChI=1S/C10H23N5/c1-9(2)8-14-4-6-15(7-5-14)10(12-3)13-11/h9H,4-8,11H2,1-3H3,(H,12,13). The van der Waals surface area contributed by atoms with Gasteiger partial charge in [0.25, 0.3) is 0 Å². The van der Waals surface area contributed by atoms with Crippen molar-refractivity contribution < 1.29 is 0 Å². The number of nitrogens with one attached hydrogen (secondary N) is 1. The molecule has 1 fully saturated rings. The first-order valence-corrected chi connectivity index (χ1v) is 5.58. The minimum atomic E-state index is 0.739. The first kappa shape index (κ1) is 12.3. The van der Waals surface area contributed by atoms with E-state index in [4.69, 9.17) is 5.84 Å². The summed E-state index contributed by atoms with van der Waals surface area (Å²) in [6.07, 6.45) is 0. The second-order valence-electron chi connectivity index (χ2n) is 4.37. The molecule has 0 aromatic heterocycles. The van der Waals surface area contributed by atoms with Gasteiger partial charge in [-0.3, -0.25) is 15.3 Å². The Hall–Kier alpha value is -0.810. The Morgan fingerprint density at radius 3 is 2.33 bits per heavy atom. The molecule has 1 aliphatic rings. The summed E-state index contributed by atoms with van der Waals surface area (Å²) < 4.78 is 0. The summed E-state index contributed by atoms with van der Waals surface area (Å²) in [5.74, 6) is 6.92. The summed E-state index contributed by atoms with van der Waals surface area (Å²) in [4.78, 5) is 8.79. The molecule has 0 unspecified atom stereocenters. The number of rotatable bonds is 2. The van der Waals surface area contributed by atoms with E-state index >= 15 is 0 Å². The maximum absolute atomic E-state index is 5.39. The summed E-state index contributed by atoms with van der Waals surface area (Å²) in [6.45, 7) is 9.90. The topological polar surface area (TPSA) is 56.9 Å². The van der Waals surface area contributed by atoms with Crippen molar-refractivity contribution in [1.29, 1.82) is 0 Å². The van der Waals surface area contributed by atoms with E-state index in [1.807, 2.05) is 0 Å². The predicted octanol–water partition coefficient (Wildman–Crippen LogP) is -0.291. The van der Waals surface area contributed by atoms with Crippen LogP contribution in [-0.2, 0) is 0 Å². The Morgan fingerprint density at radius 2 is 1.93 bits per heavy atom. The Morgan fingerprint density at radius 1 is 1.33 bits per heavy atom. The van der Waals surface area contributed by atoms with Gasteiger partial charge in [-0.1, -0.05) is 13.8 Å². The molecule has 88 valence electrons. The number of guanidine groups is 1. The van der Waals surface area contributed by atoms with Crippen LogP contribution < -0.4 is 11.3 Å². The fourth-order valence-corrected chi connectivity index (χ4v) is 1.96. The fraction of sp³-hybridized carbons (Fsp3) is 0.900. The zero-order valence-corrected chi connectivity index (χ0v) is 10.0. The van der Waals surface area contributed by atoms with Crippen LogP contribution in [0.2, 0.25) is 0 Å². The van der Waals surface area contributed by atoms with Gasteiger partial charge in [0, 0.05) is 39.8 Å². The Bertz CT molecular complexity index is 206. The molecule has 0 bridgehead atoms. The van der Waals surface area contributed by atoms with E-state index in [0.29, 0.717) is 0 Å². The minimum absolute atomic E-state index is 0.739. The highest BCUT2D eigenvalue weighted by atomic mass is 15.4. The Balaban J connectivity index is 2.35. The third-order valence-electron chi connectivity index (χ3n) is 2.64. The SMILES string of the molecule is CN=C(NN)N1CCN(CC(C)C)CC1. The second-order valence-corrected chi connectivity index (χ2v) is 4.37. The van der Waals surface area contributed by atoms with Crippen molar-refractivity contribution in [2.24, 2.45) is 16.8 Å². The predicted molar refractivity (Wildman–Crippen MR) is 63.5 cm³/mol.